The van der Waals surface area contributed by atoms with E-state index in [2.05, 4.69) is 19.2 Å². The Labute approximate surface area is 320 Å². The quantitative estimate of drug-likeness (QED) is 0.0318. The second-order valence-corrected chi connectivity index (χ2v) is 16.5. The summed E-state index contributed by atoms with van der Waals surface area (Å²) in [5.41, 5.74) is 0. The van der Waals surface area contributed by atoms with Crippen LogP contribution in [0.1, 0.15) is 226 Å². The number of phosphoric ester groups is 1. The first-order chi connectivity index (χ1) is 25.3. The van der Waals surface area contributed by atoms with Gasteiger partial charge in [-0.3, -0.25) is 18.6 Å². The largest absolute Gasteiger partial charge is 0.472 e. The van der Waals surface area contributed by atoms with Crippen LogP contribution in [-0.2, 0) is 27.9 Å². The van der Waals surface area contributed by atoms with Crippen LogP contribution >= 0.6 is 7.82 Å². The summed E-state index contributed by atoms with van der Waals surface area (Å²) in [7, 11) is -4.40. The summed E-state index contributed by atoms with van der Waals surface area (Å²) in [4.78, 5) is 33.8. The molecule has 0 heterocycles. The normalized spacial score (nSPS) is 13.2. The van der Waals surface area contributed by atoms with Crippen molar-refractivity contribution in [3.8, 4) is 0 Å². The molecule has 0 aliphatic carbocycles. The zero-order chi connectivity index (χ0) is 38.2. The Balaban J connectivity index is 3.53. The number of phosphoric acid groups is 1. The van der Waals surface area contributed by atoms with Crippen LogP contribution in [0.25, 0.3) is 0 Å². The van der Waals surface area contributed by atoms with E-state index in [-0.39, 0.29) is 25.7 Å². The maximum Gasteiger partial charge on any atom is 0.472 e. The molecule has 0 aliphatic rings. The Bertz CT molecular complexity index is 830. The van der Waals surface area contributed by atoms with Crippen molar-refractivity contribution in [2.24, 2.45) is 0 Å². The van der Waals surface area contributed by atoms with Gasteiger partial charge in [0.05, 0.1) is 13.2 Å². The summed E-state index contributed by atoms with van der Waals surface area (Å²) in [5, 5.41) is 12.7. The number of ether oxygens (including phenoxy) is 1. The molecule has 10 heteroatoms. The Morgan fingerprint density at radius 2 is 0.865 bits per heavy atom. The monoisotopic (exact) mass is 762 g/mol. The lowest BCUT2D eigenvalue weighted by atomic mass is 10.0. The van der Waals surface area contributed by atoms with Crippen molar-refractivity contribution in [3.63, 3.8) is 0 Å². The molecule has 0 saturated carbocycles. The van der Waals surface area contributed by atoms with E-state index in [1.165, 1.54) is 161 Å². The Hall–Kier alpha value is -0.990. The first kappa shape index (κ1) is 51.0. The van der Waals surface area contributed by atoms with Crippen molar-refractivity contribution < 1.29 is 37.9 Å². The van der Waals surface area contributed by atoms with Gasteiger partial charge in [0.15, 0.2) is 0 Å². The van der Waals surface area contributed by atoms with Gasteiger partial charge in [0.1, 0.15) is 12.7 Å². The molecule has 52 heavy (non-hydrogen) atoms. The van der Waals surface area contributed by atoms with E-state index in [9.17, 15) is 24.2 Å². The number of carbonyl (C=O) groups excluding carboxylic acids is 2. The first-order valence-electron chi connectivity index (χ1n) is 22.0. The standard InChI is InChI=1S/C42H84NO8P/c1-3-5-7-9-11-13-15-16-17-18-19-20-21-22-23-25-27-29-31-33-35-42(46)49-38-40(44)39-51-52(47,48)50-37-36-43-41(45)34-32-30-28-26-24-14-12-10-8-6-4-2/h40,44H,3-39H2,1-2H3,(H,43,45)(H,47,48). The van der Waals surface area contributed by atoms with Crippen molar-refractivity contribution in [2.45, 2.75) is 232 Å². The molecule has 2 unspecified atom stereocenters. The fourth-order valence-electron chi connectivity index (χ4n) is 6.44. The van der Waals surface area contributed by atoms with Crippen molar-refractivity contribution in [2.75, 3.05) is 26.4 Å². The van der Waals surface area contributed by atoms with Gasteiger partial charge in [-0.25, -0.2) is 4.57 Å². The summed E-state index contributed by atoms with van der Waals surface area (Å²) in [6.07, 6.45) is 38.9. The number of carbonyl (C=O) groups is 2. The highest BCUT2D eigenvalue weighted by molar-refractivity contribution is 7.47. The van der Waals surface area contributed by atoms with Crippen LogP contribution in [0, 0.1) is 0 Å². The summed E-state index contributed by atoms with van der Waals surface area (Å²) >= 11 is 0. The molecule has 0 rings (SSSR count). The molecule has 0 spiro atoms. The van der Waals surface area contributed by atoms with E-state index in [0.29, 0.717) is 12.8 Å². The molecular formula is C42H84NO8P. The molecule has 3 N–H and O–H groups in total. The van der Waals surface area contributed by atoms with Crippen LogP contribution in [-0.4, -0.2) is 54.3 Å². The van der Waals surface area contributed by atoms with Crippen LogP contribution in [0.5, 0.6) is 0 Å². The molecule has 0 aromatic carbocycles. The molecule has 2 atom stereocenters. The van der Waals surface area contributed by atoms with Gasteiger partial charge in [-0.05, 0) is 12.8 Å². The number of hydrogen-bond donors (Lipinski definition) is 3. The summed E-state index contributed by atoms with van der Waals surface area (Å²) in [6, 6.07) is 0. The average molecular weight is 762 g/mol. The maximum atomic E-state index is 12.1. The first-order valence-corrected chi connectivity index (χ1v) is 23.5. The van der Waals surface area contributed by atoms with Gasteiger partial charge in [-0.1, -0.05) is 200 Å². The molecule has 0 aliphatic heterocycles. The number of amides is 1. The minimum Gasteiger partial charge on any atom is -0.463 e. The molecule has 0 saturated heterocycles. The smallest absolute Gasteiger partial charge is 0.463 e. The predicted molar refractivity (Wildman–Crippen MR) is 215 cm³/mol. The maximum absolute atomic E-state index is 12.1. The highest BCUT2D eigenvalue weighted by Gasteiger charge is 2.23. The Morgan fingerprint density at radius 1 is 0.519 bits per heavy atom. The third kappa shape index (κ3) is 40.2. The topological polar surface area (TPSA) is 131 Å². The molecule has 0 aromatic rings. The third-order valence-electron chi connectivity index (χ3n) is 9.79. The van der Waals surface area contributed by atoms with Gasteiger partial charge in [0.25, 0.3) is 0 Å². The van der Waals surface area contributed by atoms with Crippen LogP contribution in [0.3, 0.4) is 0 Å². The van der Waals surface area contributed by atoms with E-state index in [4.69, 9.17) is 13.8 Å². The van der Waals surface area contributed by atoms with E-state index in [0.717, 1.165) is 38.5 Å². The Morgan fingerprint density at radius 3 is 1.25 bits per heavy atom. The zero-order valence-corrected chi connectivity index (χ0v) is 34.9. The molecule has 0 fully saturated rings. The third-order valence-corrected chi connectivity index (χ3v) is 10.8. The highest BCUT2D eigenvalue weighted by atomic mass is 31.2. The van der Waals surface area contributed by atoms with E-state index in [1.54, 1.807) is 0 Å². The molecule has 310 valence electrons. The van der Waals surface area contributed by atoms with Crippen LogP contribution in [0.15, 0.2) is 0 Å². The fraction of sp³-hybridized carbons (Fsp3) is 0.952. The molecule has 1 amide bonds. The lowest BCUT2D eigenvalue weighted by Crippen LogP contribution is -2.27. The van der Waals surface area contributed by atoms with Crippen LogP contribution < -0.4 is 5.32 Å². The summed E-state index contributed by atoms with van der Waals surface area (Å²) < 4.78 is 26.8. The summed E-state index contributed by atoms with van der Waals surface area (Å²) in [5.74, 6) is -0.505. The molecule has 0 radical (unpaired) electrons. The lowest BCUT2D eigenvalue weighted by Gasteiger charge is -2.15. The lowest BCUT2D eigenvalue weighted by molar-refractivity contribution is -0.147. The van der Waals surface area contributed by atoms with E-state index in [1.807, 2.05) is 0 Å². The van der Waals surface area contributed by atoms with Crippen molar-refractivity contribution in [3.05, 3.63) is 0 Å². The zero-order valence-electron chi connectivity index (χ0n) is 34.0. The van der Waals surface area contributed by atoms with E-state index < -0.39 is 26.5 Å². The molecule has 0 aromatic heterocycles. The number of unbranched alkanes of at least 4 members (excludes halogenated alkanes) is 29. The predicted octanol–water partition coefficient (Wildman–Crippen LogP) is 12.1. The van der Waals surface area contributed by atoms with Crippen LogP contribution in [0.2, 0.25) is 0 Å². The number of nitrogens with one attached hydrogen (secondary N) is 1. The van der Waals surface area contributed by atoms with E-state index >= 15 is 0 Å². The number of hydrogen-bond acceptors (Lipinski definition) is 7. The van der Waals surface area contributed by atoms with Crippen molar-refractivity contribution in [1.82, 2.24) is 5.32 Å². The highest BCUT2D eigenvalue weighted by Crippen LogP contribution is 2.42. The van der Waals surface area contributed by atoms with Gasteiger partial charge < -0.3 is 20.1 Å². The average Bonchev–Trinajstić information content (AvgIpc) is 3.13. The second kappa shape index (κ2) is 39.7. The van der Waals surface area contributed by atoms with Gasteiger partial charge in [-0.2, -0.15) is 0 Å². The minimum atomic E-state index is -4.40. The molecule has 0 bridgehead atoms. The molecule has 9 nitrogen and oxygen atoms in total. The van der Waals surface area contributed by atoms with Gasteiger partial charge in [0.2, 0.25) is 5.91 Å². The van der Waals surface area contributed by atoms with Gasteiger partial charge in [0, 0.05) is 19.4 Å². The van der Waals surface area contributed by atoms with Crippen LogP contribution in [0.4, 0.5) is 0 Å². The fourth-order valence-corrected chi connectivity index (χ4v) is 7.20. The van der Waals surface area contributed by atoms with Gasteiger partial charge >= 0.3 is 13.8 Å². The van der Waals surface area contributed by atoms with Crippen molar-refractivity contribution >= 4 is 19.7 Å². The Kier molecular flexibility index (Phi) is 38.9. The number of aliphatic hydroxyl groups excluding tert-OH is 1. The van der Waals surface area contributed by atoms with Gasteiger partial charge in [-0.15, -0.1) is 0 Å². The number of aliphatic hydroxyl groups is 1. The second-order valence-electron chi connectivity index (χ2n) is 15.0. The van der Waals surface area contributed by atoms with Crippen molar-refractivity contribution in [1.29, 1.82) is 0 Å². The number of rotatable bonds is 42. The SMILES string of the molecule is CCCCCCCCCCCCCCCCCCCCCCC(=O)OCC(O)COP(=O)(O)OCCNC(=O)CCCCCCCCCCCCC. The number of esters is 1. The molecular weight excluding hydrogens is 677 g/mol. The minimum absolute atomic E-state index is 0.0877. The summed E-state index contributed by atoms with van der Waals surface area (Å²) in [6.45, 7) is 3.58.